The molecule has 7 heteroatoms. The van der Waals surface area contributed by atoms with Crippen molar-refractivity contribution in [1.29, 1.82) is 0 Å². The molecular formula is C16H20N4O2S. The monoisotopic (exact) mass is 332 g/mol. The van der Waals surface area contributed by atoms with Gasteiger partial charge in [0.15, 0.2) is 5.69 Å². The number of nitrogens with one attached hydrogen (secondary N) is 2. The van der Waals surface area contributed by atoms with Crippen molar-refractivity contribution in [2.24, 2.45) is 0 Å². The van der Waals surface area contributed by atoms with E-state index in [4.69, 9.17) is 5.73 Å². The molecule has 6 nitrogen and oxygen atoms in total. The summed E-state index contributed by atoms with van der Waals surface area (Å²) in [6, 6.07) is 7.84. The number of nitrogens with zero attached hydrogens (tertiary/aromatic N) is 1. The predicted molar refractivity (Wildman–Crippen MR) is 91.5 cm³/mol. The first-order chi connectivity index (χ1) is 10.9. The van der Waals surface area contributed by atoms with Gasteiger partial charge in [-0.05, 0) is 37.9 Å². The molecule has 0 aliphatic heterocycles. The number of amides is 2. The lowest BCUT2D eigenvalue weighted by Crippen LogP contribution is -2.31. The van der Waals surface area contributed by atoms with Gasteiger partial charge < -0.3 is 16.4 Å². The van der Waals surface area contributed by atoms with Crippen LogP contribution in [0.2, 0.25) is 0 Å². The van der Waals surface area contributed by atoms with Gasteiger partial charge in [-0.15, -0.1) is 0 Å². The average molecular weight is 332 g/mol. The molecule has 1 heterocycles. The summed E-state index contributed by atoms with van der Waals surface area (Å²) in [5.74, 6) is -0.699. The summed E-state index contributed by atoms with van der Waals surface area (Å²) in [6.45, 7) is 6.08. The topological polar surface area (TPSA) is 97.1 Å². The van der Waals surface area contributed by atoms with E-state index in [-0.39, 0.29) is 34.1 Å². The fourth-order valence-corrected chi connectivity index (χ4v) is 2.64. The maximum absolute atomic E-state index is 12.2. The van der Waals surface area contributed by atoms with Crippen molar-refractivity contribution in [3.8, 4) is 0 Å². The van der Waals surface area contributed by atoms with Crippen LogP contribution in [0, 0.1) is 6.92 Å². The van der Waals surface area contributed by atoms with Gasteiger partial charge in [-0.1, -0.05) is 29.8 Å². The van der Waals surface area contributed by atoms with Crippen molar-refractivity contribution < 1.29 is 9.59 Å². The number of nitrogen functional groups attached to an aromatic ring is 1. The van der Waals surface area contributed by atoms with Gasteiger partial charge in [0.1, 0.15) is 4.88 Å². The highest BCUT2D eigenvalue weighted by Crippen LogP contribution is 2.21. The smallest absolute Gasteiger partial charge is 0.273 e. The number of anilines is 1. The first kappa shape index (κ1) is 17.0. The molecule has 0 fully saturated rings. The fourth-order valence-electron chi connectivity index (χ4n) is 1.92. The zero-order valence-corrected chi connectivity index (χ0v) is 14.2. The average Bonchev–Trinajstić information content (AvgIpc) is 2.87. The fraction of sp³-hybridized carbons (Fsp3) is 0.312. The Kier molecular flexibility index (Phi) is 5.33. The van der Waals surface area contributed by atoms with Crippen molar-refractivity contribution in [3.63, 3.8) is 0 Å². The highest BCUT2D eigenvalue weighted by atomic mass is 32.1. The van der Waals surface area contributed by atoms with Crippen LogP contribution < -0.4 is 16.4 Å². The molecular weight excluding hydrogens is 312 g/mol. The summed E-state index contributed by atoms with van der Waals surface area (Å²) in [6.07, 6.45) is 0. The molecule has 0 aliphatic rings. The molecule has 1 aromatic carbocycles. The van der Waals surface area contributed by atoms with Gasteiger partial charge in [-0.25, -0.2) is 0 Å². The maximum atomic E-state index is 12.2. The zero-order valence-electron chi connectivity index (χ0n) is 13.3. The molecule has 0 saturated carbocycles. The molecule has 2 aromatic rings. The Morgan fingerprint density at radius 2 is 1.87 bits per heavy atom. The number of nitrogens with two attached hydrogens (primary N) is 1. The lowest BCUT2D eigenvalue weighted by atomic mass is 10.1. The molecule has 2 amide bonds. The Hall–Kier alpha value is -2.41. The molecule has 2 rings (SSSR count). The third-order valence-corrected chi connectivity index (χ3v) is 4.00. The van der Waals surface area contributed by atoms with Gasteiger partial charge in [0.05, 0.1) is 5.69 Å². The summed E-state index contributed by atoms with van der Waals surface area (Å²) >= 11 is 0.929. The van der Waals surface area contributed by atoms with Crippen LogP contribution in [0.4, 0.5) is 5.69 Å². The van der Waals surface area contributed by atoms with Gasteiger partial charge >= 0.3 is 0 Å². The molecule has 4 N–H and O–H groups in total. The first-order valence-electron chi connectivity index (χ1n) is 7.28. The molecule has 23 heavy (non-hydrogen) atoms. The van der Waals surface area contributed by atoms with E-state index in [1.54, 1.807) is 0 Å². The number of benzene rings is 1. The zero-order chi connectivity index (χ0) is 17.0. The third-order valence-electron chi connectivity index (χ3n) is 3.14. The quantitative estimate of drug-likeness (QED) is 0.781. The second-order valence-corrected chi connectivity index (χ2v) is 6.34. The Morgan fingerprint density at radius 3 is 2.48 bits per heavy atom. The molecule has 0 atom stereocenters. The number of carbonyl (C=O) groups excluding carboxylic acids is 2. The lowest BCUT2D eigenvalue weighted by Gasteiger charge is -2.07. The first-order valence-corrected chi connectivity index (χ1v) is 8.05. The number of hydrogen-bond acceptors (Lipinski definition) is 5. The van der Waals surface area contributed by atoms with Crippen LogP contribution in [0.3, 0.4) is 0 Å². The highest BCUT2D eigenvalue weighted by molar-refractivity contribution is 7.09. The Morgan fingerprint density at radius 1 is 1.22 bits per heavy atom. The van der Waals surface area contributed by atoms with Crippen LogP contribution in [0.15, 0.2) is 24.3 Å². The number of hydrogen-bond donors (Lipinski definition) is 3. The van der Waals surface area contributed by atoms with Crippen LogP contribution in [0.25, 0.3) is 0 Å². The van der Waals surface area contributed by atoms with Gasteiger partial charge in [0, 0.05) is 12.6 Å². The van der Waals surface area contributed by atoms with E-state index in [1.165, 1.54) is 0 Å². The third kappa shape index (κ3) is 4.29. The SMILES string of the molecule is Cc1ccc(CNC(=O)c2snc(C(=O)NC(C)C)c2N)cc1. The summed E-state index contributed by atoms with van der Waals surface area (Å²) in [4.78, 5) is 24.4. The molecule has 0 bridgehead atoms. The van der Waals surface area contributed by atoms with E-state index in [0.717, 1.165) is 22.7 Å². The second-order valence-electron chi connectivity index (χ2n) is 5.57. The van der Waals surface area contributed by atoms with E-state index in [9.17, 15) is 9.59 Å². The summed E-state index contributed by atoms with van der Waals surface area (Å²) in [7, 11) is 0. The number of aryl methyl sites for hydroxylation is 1. The lowest BCUT2D eigenvalue weighted by molar-refractivity contribution is 0.0939. The van der Waals surface area contributed by atoms with Crippen LogP contribution in [-0.4, -0.2) is 22.2 Å². The molecule has 0 aliphatic carbocycles. The minimum absolute atomic E-state index is 0.0255. The van der Waals surface area contributed by atoms with Gasteiger partial charge in [-0.2, -0.15) is 4.37 Å². The largest absolute Gasteiger partial charge is 0.395 e. The van der Waals surface area contributed by atoms with Crippen LogP contribution in [0.1, 0.15) is 45.1 Å². The predicted octanol–water partition coefficient (Wildman–Crippen LogP) is 2.10. The summed E-state index contributed by atoms with van der Waals surface area (Å²) in [5.41, 5.74) is 8.27. The van der Waals surface area contributed by atoms with Crippen LogP contribution in [-0.2, 0) is 6.54 Å². The van der Waals surface area contributed by atoms with E-state index >= 15 is 0 Å². The van der Waals surface area contributed by atoms with E-state index in [0.29, 0.717) is 6.54 Å². The minimum Gasteiger partial charge on any atom is -0.395 e. The van der Waals surface area contributed by atoms with Gasteiger partial charge in [0.2, 0.25) is 0 Å². The second kappa shape index (κ2) is 7.23. The molecule has 1 aromatic heterocycles. The molecule has 122 valence electrons. The Labute approximate surface area is 139 Å². The standard InChI is InChI=1S/C16H20N4O2S/c1-9(2)19-15(21)13-12(17)14(23-20-13)16(22)18-8-11-6-4-10(3)5-7-11/h4-7,9H,8,17H2,1-3H3,(H,18,22)(H,19,21). The van der Waals surface area contributed by atoms with Crippen LogP contribution in [0.5, 0.6) is 0 Å². The summed E-state index contributed by atoms with van der Waals surface area (Å²) < 4.78 is 4.00. The molecule has 0 radical (unpaired) electrons. The van der Waals surface area contributed by atoms with E-state index < -0.39 is 0 Å². The highest BCUT2D eigenvalue weighted by Gasteiger charge is 2.22. The van der Waals surface area contributed by atoms with Crippen molar-refractivity contribution in [2.75, 3.05) is 5.73 Å². The maximum Gasteiger partial charge on any atom is 0.273 e. The Balaban J connectivity index is 2.04. The molecule has 0 unspecified atom stereocenters. The number of aromatic nitrogens is 1. The Bertz CT molecular complexity index is 707. The van der Waals surface area contributed by atoms with E-state index in [2.05, 4.69) is 15.0 Å². The van der Waals surface area contributed by atoms with Crippen molar-refractivity contribution in [3.05, 3.63) is 46.0 Å². The van der Waals surface area contributed by atoms with Crippen molar-refractivity contribution >= 4 is 29.0 Å². The summed E-state index contributed by atoms with van der Waals surface area (Å²) in [5, 5.41) is 5.50. The van der Waals surface area contributed by atoms with Crippen LogP contribution >= 0.6 is 11.5 Å². The molecule has 0 saturated heterocycles. The van der Waals surface area contributed by atoms with Crippen molar-refractivity contribution in [2.45, 2.75) is 33.4 Å². The normalized spacial score (nSPS) is 10.6. The van der Waals surface area contributed by atoms with Gasteiger partial charge in [-0.3, -0.25) is 9.59 Å². The number of carbonyl (C=O) groups is 2. The molecule has 0 spiro atoms. The van der Waals surface area contributed by atoms with Crippen molar-refractivity contribution in [1.82, 2.24) is 15.0 Å². The minimum atomic E-state index is -0.369. The van der Waals surface area contributed by atoms with Gasteiger partial charge in [0.25, 0.3) is 11.8 Å². The number of rotatable bonds is 5. The van der Waals surface area contributed by atoms with E-state index in [1.807, 2.05) is 45.0 Å².